The molecule has 3 fully saturated rings. The van der Waals surface area contributed by atoms with Crippen LogP contribution in [0.25, 0.3) is 0 Å². The van der Waals surface area contributed by atoms with Crippen LogP contribution in [0.2, 0.25) is 0 Å². The van der Waals surface area contributed by atoms with E-state index >= 15 is 0 Å². The minimum absolute atomic E-state index is 0.488. The van der Waals surface area contributed by atoms with Crippen molar-refractivity contribution in [2.75, 3.05) is 0 Å². The molecule has 0 spiro atoms. The van der Waals surface area contributed by atoms with Crippen molar-refractivity contribution in [2.24, 2.45) is 34.5 Å². The molecule has 3 aliphatic carbocycles. The van der Waals surface area contributed by atoms with Crippen molar-refractivity contribution in [1.82, 2.24) is 0 Å². The van der Waals surface area contributed by atoms with Gasteiger partial charge in [0.15, 0.2) is 5.78 Å². The lowest BCUT2D eigenvalue weighted by Gasteiger charge is -2.65. The van der Waals surface area contributed by atoms with Crippen molar-refractivity contribution < 1.29 is 34.8 Å². The number of ether oxygens (including phenoxy) is 1. The van der Waals surface area contributed by atoms with Gasteiger partial charge in [-0.05, 0) is 18.9 Å². The SMILES string of the molecule is CC1=CC(=O)[C@@H](O)[C@]2(C)[C@@H]3[C@@H](O)[C@H](O)[C@H](C)[C@@H]4C(=O)O[C@H]([C@H](O)[C@@H]12)[C@]34C. The molecule has 1 aliphatic heterocycles. The number of aliphatic hydroxyl groups is 4. The number of hydrogen-bond acceptors (Lipinski definition) is 7. The third-order valence-corrected chi connectivity index (χ3v) is 7.92. The van der Waals surface area contributed by atoms with Crippen molar-refractivity contribution >= 4 is 11.8 Å². The monoisotopic (exact) mass is 366 g/mol. The van der Waals surface area contributed by atoms with Crippen LogP contribution in [0.15, 0.2) is 11.6 Å². The van der Waals surface area contributed by atoms with Crippen LogP contribution in [0.5, 0.6) is 0 Å². The van der Waals surface area contributed by atoms with E-state index in [-0.39, 0.29) is 0 Å². The fourth-order valence-electron chi connectivity index (χ4n) is 6.99. The first kappa shape index (κ1) is 18.1. The van der Waals surface area contributed by atoms with E-state index in [1.807, 2.05) is 0 Å². The first-order valence-corrected chi connectivity index (χ1v) is 9.13. The molecule has 11 atom stereocenters. The molecule has 7 nitrogen and oxygen atoms in total. The standard InChI is InChI=1S/C19H26O7/c1-6-5-8(20)15(24)18(3)9(6)12(22)16-19(4)10(17(25)26-16)7(2)11(21)13(23)14(18)19/h5,7,9-16,21-24H,1-4H3/t7-,9-,10-,11-,12-,13+,14+,15-,16-,18+,19+/m1/s1. The van der Waals surface area contributed by atoms with Crippen molar-refractivity contribution in [3.05, 3.63) is 11.6 Å². The average Bonchev–Trinajstić information content (AvgIpc) is 2.81. The maximum Gasteiger partial charge on any atom is 0.310 e. The summed E-state index contributed by atoms with van der Waals surface area (Å²) in [7, 11) is 0. The summed E-state index contributed by atoms with van der Waals surface area (Å²) in [5.41, 5.74) is -1.65. The van der Waals surface area contributed by atoms with Gasteiger partial charge in [-0.15, -0.1) is 0 Å². The lowest BCUT2D eigenvalue weighted by atomic mass is 9.39. The van der Waals surface area contributed by atoms with Gasteiger partial charge in [0.2, 0.25) is 0 Å². The maximum absolute atomic E-state index is 12.6. The molecule has 0 aromatic carbocycles. The lowest BCUT2D eigenvalue weighted by molar-refractivity contribution is -0.266. The molecule has 0 amide bonds. The van der Waals surface area contributed by atoms with Crippen LogP contribution >= 0.6 is 0 Å². The first-order chi connectivity index (χ1) is 12.0. The summed E-state index contributed by atoms with van der Waals surface area (Å²) in [5, 5.41) is 43.6. The molecule has 4 rings (SSSR count). The average molecular weight is 366 g/mol. The van der Waals surface area contributed by atoms with Gasteiger partial charge in [0.05, 0.1) is 24.2 Å². The molecule has 7 heteroatoms. The zero-order chi connectivity index (χ0) is 19.3. The highest BCUT2D eigenvalue weighted by atomic mass is 16.6. The Morgan fingerprint density at radius 1 is 0.962 bits per heavy atom. The molecule has 0 radical (unpaired) electrons. The molecule has 0 unspecified atom stereocenters. The van der Waals surface area contributed by atoms with Crippen LogP contribution in [0.3, 0.4) is 0 Å². The number of carbonyl (C=O) groups excluding carboxylic acids is 2. The molecular weight excluding hydrogens is 340 g/mol. The normalized spacial score (nSPS) is 58.6. The largest absolute Gasteiger partial charge is 0.459 e. The van der Waals surface area contributed by atoms with Gasteiger partial charge in [0, 0.05) is 22.7 Å². The number of ketones is 1. The van der Waals surface area contributed by atoms with E-state index in [2.05, 4.69) is 0 Å². The highest BCUT2D eigenvalue weighted by molar-refractivity contribution is 5.96. The minimum Gasteiger partial charge on any atom is -0.459 e. The third-order valence-electron chi connectivity index (χ3n) is 7.92. The highest BCUT2D eigenvalue weighted by Crippen LogP contribution is 2.68. The second kappa shape index (κ2) is 5.16. The van der Waals surface area contributed by atoms with E-state index in [1.54, 1.807) is 27.7 Å². The van der Waals surface area contributed by atoms with Crippen LogP contribution in [-0.4, -0.2) is 62.7 Å². The summed E-state index contributed by atoms with van der Waals surface area (Å²) in [6.07, 6.45) is -4.55. The van der Waals surface area contributed by atoms with Crippen LogP contribution in [0.1, 0.15) is 27.7 Å². The number of aliphatic hydroxyl groups excluding tert-OH is 4. The van der Waals surface area contributed by atoms with E-state index in [0.717, 1.165) is 0 Å². The van der Waals surface area contributed by atoms with Gasteiger partial charge in [-0.2, -0.15) is 0 Å². The Hall–Kier alpha value is -1.28. The van der Waals surface area contributed by atoms with Gasteiger partial charge < -0.3 is 25.2 Å². The molecule has 0 bridgehead atoms. The number of carbonyl (C=O) groups is 2. The Bertz CT molecular complexity index is 717. The van der Waals surface area contributed by atoms with Crippen molar-refractivity contribution in [3.8, 4) is 0 Å². The Balaban J connectivity index is 2.00. The third kappa shape index (κ3) is 1.73. The molecule has 2 saturated carbocycles. The van der Waals surface area contributed by atoms with E-state index < -0.39 is 76.8 Å². The van der Waals surface area contributed by atoms with Crippen LogP contribution in [0.4, 0.5) is 0 Å². The molecule has 0 aromatic rings. The van der Waals surface area contributed by atoms with Crippen molar-refractivity contribution in [3.63, 3.8) is 0 Å². The summed E-state index contributed by atoms with van der Waals surface area (Å²) in [6, 6.07) is 0. The number of hydrogen-bond donors (Lipinski definition) is 4. The van der Waals surface area contributed by atoms with Crippen molar-refractivity contribution in [2.45, 2.75) is 58.2 Å². The topological polar surface area (TPSA) is 124 Å². The molecule has 26 heavy (non-hydrogen) atoms. The molecule has 1 heterocycles. The highest BCUT2D eigenvalue weighted by Gasteiger charge is 2.77. The summed E-state index contributed by atoms with van der Waals surface area (Å²) in [4.78, 5) is 25.0. The van der Waals surface area contributed by atoms with Gasteiger partial charge >= 0.3 is 5.97 Å². The molecule has 4 aliphatic rings. The fraction of sp³-hybridized carbons (Fsp3) is 0.789. The first-order valence-electron chi connectivity index (χ1n) is 9.13. The Labute approximate surface area is 151 Å². The van der Waals surface area contributed by atoms with Crippen molar-refractivity contribution in [1.29, 1.82) is 0 Å². The van der Waals surface area contributed by atoms with Crippen LogP contribution < -0.4 is 0 Å². The molecular formula is C19H26O7. The Morgan fingerprint density at radius 3 is 2.19 bits per heavy atom. The molecule has 144 valence electrons. The van der Waals surface area contributed by atoms with Gasteiger partial charge in [-0.1, -0.05) is 26.3 Å². The lowest BCUT2D eigenvalue weighted by Crippen LogP contribution is -2.74. The van der Waals surface area contributed by atoms with Crippen LogP contribution in [0, 0.1) is 34.5 Å². The summed E-state index contributed by atoms with van der Waals surface area (Å²) >= 11 is 0. The molecule has 1 saturated heterocycles. The smallest absolute Gasteiger partial charge is 0.310 e. The van der Waals surface area contributed by atoms with Gasteiger partial charge in [-0.3, -0.25) is 9.59 Å². The molecule has 0 aromatic heterocycles. The van der Waals surface area contributed by atoms with E-state index in [9.17, 15) is 30.0 Å². The number of rotatable bonds is 0. The fourth-order valence-corrected chi connectivity index (χ4v) is 6.99. The van der Waals surface area contributed by atoms with E-state index in [4.69, 9.17) is 4.74 Å². The summed E-state index contributed by atoms with van der Waals surface area (Å²) in [6.45, 7) is 6.80. The summed E-state index contributed by atoms with van der Waals surface area (Å²) < 4.78 is 5.56. The quantitative estimate of drug-likeness (QED) is 0.422. The predicted molar refractivity (Wildman–Crippen MR) is 88.5 cm³/mol. The van der Waals surface area contributed by atoms with E-state index in [0.29, 0.717) is 5.57 Å². The number of esters is 1. The zero-order valence-corrected chi connectivity index (χ0v) is 15.3. The second-order valence-corrected chi connectivity index (χ2v) is 9.05. The zero-order valence-electron chi connectivity index (χ0n) is 15.3. The van der Waals surface area contributed by atoms with E-state index in [1.165, 1.54) is 6.08 Å². The Morgan fingerprint density at radius 2 is 1.58 bits per heavy atom. The molecule has 4 N–H and O–H groups in total. The second-order valence-electron chi connectivity index (χ2n) is 9.05. The van der Waals surface area contributed by atoms with Gasteiger partial charge in [-0.25, -0.2) is 0 Å². The summed E-state index contributed by atoms with van der Waals surface area (Å²) in [5.74, 6) is -3.75. The number of fused-ring (bicyclic) bond motifs is 2. The maximum atomic E-state index is 12.6. The minimum atomic E-state index is -1.44. The predicted octanol–water partition coefficient (Wildman–Crippen LogP) is -0.591. The van der Waals surface area contributed by atoms with Gasteiger partial charge in [0.1, 0.15) is 12.2 Å². The Kier molecular flexibility index (Phi) is 3.59. The van der Waals surface area contributed by atoms with Crippen LogP contribution in [-0.2, 0) is 14.3 Å². The van der Waals surface area contributed by atoms with Gasteiger partial charge in [0.25, 0.3) is 0 Å².